The van der Waals surface area contributed by atoms with Crippen molar-refractivity contribution in [2.75, 3.05) is 18.8 Å². The van der Waals surface area contributed by atoms with Gasteiger partial charge in [-0.2, -0.15) is 0 Å². The summed E-state index contributed by atoms with van der Waals surface area (Å²) in [4.78, 5) is 10.1. The summed E-state index contributed by atoms with van der Waals surface area (Å²) in [6.07, 6.45) is 0. The van der Waals surface area contributed by atoms with Gasteiger partial charge in [-0.25, -0.2) is 9.98 Å². The molecule has 0 bridgehead atoms. The Bertz CT molecular complexity index is 605. The van der Waals surface area contributed by atoms with Crippen molar-refractivity contribution in [1.82, 2.24) is 15.6 Å². The van der Waals surface area contributed by atoms with Gasteiger partial charge in [-0.05, 0) is 32.9 Å². The Morgan fingerprint density at radius 2 is 2.00 bits per heavy atom. The Balaban J connectivity index is 1.79. The summed E-state index contributed by atoms with van der Waals surface area (Å²) in [7, 11) is 0. The first-order valence-electron chi connectivity index (χ1n) is 7.82. The molecule has 0 amide bonds. The Hall–Kier alpha value is -1.95. The minimum atomic E-state index is 0.440. The summed E-state index contributed by atoms with van der Waals surface area (Å²) in [5, 5.41) is 6.56. The molecule has 124 valence electrons. The molecule has 2 N–H and O–H groups in total. The monoisotopic (exact) mass is 332 g/mol. The van der Waals surface area contributed by atoms with E-state index in [1.165, 1.54) is 4.90 Å². The van der Waals surface area contributed by atoms with Crippen molar-refractivity contribution in [2.24, 2.45) is 4.99 Å². The van der Waals surface area contributed by atoms with Crippen LogP contribution in [0, 0.1) is 13.8 Å². The van der Waals surface area contributed by atoms with Crippen molar-refractivity contribution in [2.45, 2.75) is 32.2 Å². The van der Waals surface area contributed by atoms with Crippen molar-refractivity contribution in [3.63, 3.8) is 0 Å². The van der Waals surface area contributed by atoms with Crippen LogP contribution in [0.4, 0.5) is 0 Å². The van der Waals surface area contributed by atoms with Gasteiger partial charge in [0, 0.05) is 23.7 Å². The van der Waals surface area contributed by atoms with Crippen molar-refractivity contribution >= 4 is 17.7 Å². The number of aliphatic imine (C=N–C) groups is 1. The Kier molecular flexibility index (Phi) is 7.00. The maximum absolute atomic E-state index is 5.55. The molecule has 0 aliphatic rings. The van der Waals surface area contributed by atoms with Gasteiger partial charge >= 0.3 is 0 Å². The molecule has 0 saturated heterocycles. The zero-order chi connectivity index (χ0) is 16.5. The van der Waals surface area contributed by atoms with Crippen molar-refractivity contribution in [3.05, 3.63) is 47.7 Å². The van der Waals surface area contributed by atoms with Gasteiger partial charge in [-0.3, -0.25) is 0 Å². The van der Waals surface area contributed by atoms with E-state index in [0.29, 0.717) is 12.4 Å². The Morgan fingerprint density at radius 3 is 2.65 bits per heavy atom. The molecule has 0 aliphatic heterocycles. The summed E-state index contributed by atoms with van der Waals surface area (Å²) >= 11 is 1.82. The number of rotatable bonds is 7. The van der Waals surface area contributed by atoms with Crippen LogP contribution >= 0.6 is 11.8 Å². The van der Waals surface area contributed by atoms with E-state index in [4.69, 9.17) is 4.42 Å². The number of oxazole rings is 1. The minimum absolute atomic E-state index is 0.440. The maximum Gasteiger partial charge on any atom is 0.216 e. The molecule has 0 spiro atoms. The standard InChI is InChI=1S/C17H24N4OS/c1-4-18-17(20-12-16-21-13(2)14(3)22-16)19-10-11-23-15-8-6-5-7-9-15/h5-9H,4,10-12H2,1-3H3,(H2,18,19,20). The van der Waals surface area contributed by atoms with Crippen LogP contribution in [0.15, 0.2) is 44.6 Å². The Labute approximate surface area is 142 Å². The third-order valence-electron chi connectivity index (χ3n) is 3.20. The molecule has 0 atom stereocenters. The number of hydrogen-bond acceptors (Lipinski definition) is 4. The molecule has 0 aliphatic carbocycles. The van der Waals surface area contributed by atoms with Gasteiger partial charge in [0.25, 0.3) is 0 Å². The predicted molar refractivity (Wildman–Crippen MR) is 96.0 cm³/mol. The van der Waals surface area contributed by atoms with Crippen LogP contribution in [0.1, 0.15) is 24.3 Å². The van der Waals surface area contributed by atoms with Crippen LogP contribution in [0.2, 0.25) is 0 Å². The van der Waals surface area contributed by atoms with Gasteiger partial charge in [0.05, 0.1) is 5.69 Å². The molecule has 2 aromatic rings. The second kappa shape index (κ2) is 9.25. The molecule has 0 saturated carbocycles. The molecule has 1 heterocycles. The quantitative estimate of drug-likeness (QED) is 0.353. The highest BCUT2D eigenvalue weighted by molar-refractivity contribution is 7.99. The van der Waals surface area contributed by atoms with Crippen LogP contribution < -0.4 is 10.6 Å². The lowest BCUT2D eigenvalue weighted by atomic mass is 10.4. The molecular weight excluding hydrogens is 308 g/mol. The first-order valence-corrected chi connectivity index (χ1v) is 8.80. The number of nitrogens with zero attached hydrogens (tertiary/aromatic N) is 2. The van der Waals surface area contributed by atoms with E-state index in [2.05, 4.69) is 51.8 Å². The van der Waals surface area contributed by atoms with Gasteiger partial charge in [0.15, 0.2) is 5.96 Å². The molecule has 1 aromatic carbocycles. The summed E-state index contributed by atoms with van der Waals surface area (Å²) in [5.41, 5.74) is 0.924. The van der Waals surface area contributed by atoms with E-state index in [9.17, 15) is 0 Å². The maximum atomic E-state index is 5.55. The van der Waals surface area contributed by atoms with E-state index < -0.39 is 0 Å². The van der Waals surface area contributed by atoms with E-state index in [1.54, 1.807) is 0 Å². The molecule has 0 fully saturated rings. The average Bonchev–Trinajstić information content (AvgIpc) is 2.88. The molecular formula is C17H24N4OS. The number of benzene rings is 1. The summed E-state index contributed by atoms with van der Waals surface area (Å²) in [5.74, 6) is 3.27. The van der Waals surface area contributed by atoms with E-state index in [0.717, 1.165) is 36.3 Å². The van der Waals surface area contributed by atoms with Gasteiger partial charge in [-0.1, -0.05) is 18.2 Å². The summed E-state index contributed by atoms with van der Waals surface area (Å²) < 4.78 is 5.55. The number of guanidine groups is 1. The largest absolute Gasteiger partial charge is 0.444 e. The third kappa shape index (κ3) is 5.98. The van der Waals surface area contributed by atoms with Crippen LogP contribution in [-0.2, 0) is 6.54 Å². The Morgan fingerprint density at radius 1 is 1.22 bits per heavy atom. The second-order valence-electron chi connectivity index (χ2n) is 5.03. The molecule has 23 heavy (non-hydrogen) atoms. The van der Waals surface area contributed by atoms with E-state index >= 15 is 0 Å². The van der Waals surface area contributed by atoms with Crippen molar-refractivity contribution in [3.8, 4) is 0 Å². The molecule has 5 nitrogen and oxygen atoms in total. The number of aryl methyl sites for hydroxylation is 2. The molecule has 0 radical (unpaired) electrons. The summed E-state index contributed by atoms with van der Waals surface area (Å²) in [6.45, 7) is 8.01. The SMILES string of the molecule is CCNC(=NCc1nc(C)c(C)o1)NCCSc1ccccc1. The van der Waals surface area contributed by atoms with Crippen molar-refractivity contribution < 1.29 is 4.42 Å². The van der Waals surface area contributed by atoms with Gasteiger partial charge in [0.2, 0.25) is 5.89 Å². The lowest BCUT2D eigenvalue weighted by molar-refractivity contribution is 0.473. The van der Waals surface area contributed by atoms with Gasteiger partial charge in [0.1, 0.15) is 12.3 Å². The number of hydrogen-bond donors (Lipinski definition) is 2. The second-order valence-corrected chi connectivity index (χ2v) is 6.20. The van der Waals surface area contributed by atoms with E-state index in [1.807, 2.05) is 31.7 Å². The molecule has 0 unspecified atom stereocenters. The first kappa shape index (κ1) is 17.4. The highest BCUT2D eigenvalue weighted by Crippen LogP contribution is 2.15. The van der Waals surface area contributed by atoms with Gasteiger partial charge in [-0.15, -0.1) is 11.8 Å². The number of aromatic nitrogens is 1. The molecule has 1 aromatic heterocycles. The zero-order valence-electron chi connectivity index (χ0n) is 13.9. The third-order valence-corrected chi connectivity index (χ3v) is 4.21. The topological polar surface area (TPSA) is 62.5 Å². The number of nitrogens with one attached hydrogen (secondary N) is 2. The first-order chi connectivity index (χ1) is 11.2. The normalized spacial score (nSPS) is 11.5. The highest BCUT2D eigenvalue weighted by atomic mass is 32.2. The zero-order valence-corrected chi connectivity index (χ0v) is 14.7. The van der Waals surface area contributed by atoms with Crippen molar-refractivity contribution in [1.29, 1.82) is 0 Å². The smallest absolute Gasteiger partial charge is 0.216 e. The van der Waals surface area contributed by atoms with Crippen LogP contribution in [0.3, 0.4) is 0 Å². The molecule has 6 heteroatoms. The fourth-order valence-electron chi connectivity index (χ4n) is 1.95. The fraction of sp³-hybridized carbons (Fsp3) is 0.412. The highest BCUT2D eigenvalue weighted by Gasteiger charge is 2.05. The average molecular weight is 332 g/mol. The molecule has 2 rings (SSSR count). The minimum Gasteiger partial charge on any atom is -0.444 e. The van der Waals surface area contributed by atoms with Crippen LogP contribution in [0.25, 0.3) is 0 Å². The lowest BCUT2D eigenvalue weighted by Crippen LogP contribution is -2.38. The van der Waals surface area contributed by atoms with E-state index in [-0.39, 0.29) is 0 Å². The van der Waals surface area contributed by atoms with Gasteiger partial charge < -0.3 is 15.1 Å². The number of thioether (sulfide) groups is 1. The van der Waals surface area contributed by atoms with Crippen LogP contribution in [0.5, 0.6) is 0 Å². The lowest BCUT2D eigenvalue weighted by Gasteiger charge is -2.10. The fourth-order valence-corrected chi connectivity index (χ4v) is 2.74. The predicted octanol–water partition coefficient (Wildman–Crippen LogP) is 3.14. The van der Waals surface area contributed by atoms with Crippen LogP contribution in [-0.4, -0.2) is 29.8 Å². The summed E-state index contributed by atoms with van der Waals surface area (Å²) in [6, 6.07) is 10.4.